The minimum atomic E-state index is 0.193. The first kappa shape index (κ1) is 12.9. The van der Waals surface area contributed by atoms with Gasteiger partial charge in [0.2, 0.25) is 0 Å². The van der Waals surface area contributed by atoms with E-state index >= 15 is 0 Å². The van der Waals surface area contributed by atoms with Crippen molar-refractivity contribution in [1.29, 1.82) is 0 Å². The summed E-state index contributed by atoms with van der Waals surface area (Å²) in [5.41, 5.74) is 3.98. The van der Waals surface area contributed by atoms with Gasteiger partial charge in [0.1, 0.15) is 0 Å². The van der Waals surface area contributed by atoms with E-state index in [9.17, 15) is 0 Å². The monoisotopic (exact) mass is 219 g/mol. The summed E-state index contributed by atoms with van der Waals surface area (Å²) in [6, 6.07) is 6.35. The van der Waals surface area contributed by atoms with Gasteiger partial charge < -0.3 is 5.11 Å². The predicted molar refractivity (Wildman–Crippen MR) is 68.5 cm³/mol. The number of benzene rings is 1. The maximum atomic E-state index is 9.00. The maximum absolute atomic E-state index is 9.00. The second-order valence-electron chi connectivity index (χ2n) is 4.12. The molecule has 16 heavy (non-hydrogen) atoms. The largest absolute Gasteiger partial charge is 0.395 e. The Bertz CT molecular complexity index is 326. The minimum absolute atomic E-state index is 0.193. The molecule has 0 aliphatic rings. The van der Waals surface area contributed by atoms with Crippen LogP contribution in [-0.4, -0.2) is 29.7 Å². The van der Waals surface area contributed by atoms with Crippen molar-refractivity contribution in [3.8, 4) is 0 Å². The summed E-state index contributed by atoms with van der Waals surface area (Å²) in [7, 11) is 0. The zero-order chi connectivity index (χ0) is 12.0. The minimum Gasteiger partial charge on any atom is -0.395 e. The molecule has 1 N–H and O–H groups in total. The Morgan fingerprint density at radius 3 is 2.44 bits per heavy atom. The summed E-state index contributed by atoms with van der Waals surface area (Å²) < 4.78 is 0. The van der Waals surface area contributed by atoms with Crippen LogP contribution in [0.15, 0.2) is 30.9 Å². The summed E-state index contributed by atoms with van der Waals surface area (Å²) in [6.45, 7) is 10.6. The van der Waals surface area contributed by atoms with Crippen molar-refractivity contribution in [2.45, 2.75) is 20.4 Å². The van der Waals surface area contributed by atoms with Crippen LogP contribution in [0.3, 0.4) is 0 Å². The molecular weight excluding hydrogens is 198 g/mol. The van der Waals surface area contributed by atoms with E-state index in [4.69, 9.17) is 5.11 Å². The molecular formula is C14H21NO. The van der Waals surface area contributed by atoms with Gasteiger partial charge in [0.15, 0.2) is 0 Å². The van der Waals surface area contributed by atoms with E-state index < -0.39 is 0 Å². The lowest BCUT2D eigenvalue weighted by Gasteiger charge is -2.21. The van der Waals surface area contributed by atoms with Gasteiger partial charge in [-0.15, -0.1) is 6.58 Å². The molecule has 0 amide bonds. The van der Waals surface area contributed by atoms with Crippen molar-refractivity contribution in [3.05, 3.63) is 47.5 Å². The van der Waals surface area contributed by atoms with Crippen LogP contribution in [0.4, 0.5) is 0 Å². The van der Waals surface area contributed by atoms with Crippen LogP contribution >= 0.6 is 0 Å². The molecule has 0 heterocycles. The lowest BCUT2D eigenvalue weighted by Crippen LogP contribution is -2.27. The van der Waals surface area contributed by atoms with Crippen molar-refractivity contribution in [2.75, 3.05) is 19.7 Å². The van der Waals surface area contributed by atoms with Crippen LogP contribution in [0.2, 0.25) is 0 Å². The normalized spacial score (nSPS) is 10.8. The lowest BCUT2D eigenvalue weighted by molar-refractivity contribution is 0.203. The van der Waals surface area contributed by atoms with Crippen molar-refractivity contribution < 1.29 is 5.11 Å². The van der Waals surface area contributed by atoms with Gasteiger partial charge in [-0.3, -0.25) is 4.90 Å². The second kappa shape index (κ2) is 6.46. The van der Waals surface area contributed by atoms with Gasteiger partial charge in [-0.2, -0.15) is 0 Å². The number of aliphatic hydroxyl groups excluding tert-OH is 1. The lowest BCUT2D eigenvalue weighted by atomic mass is 10.0. The van der Waals surface area contributed by atoms with Crippen molar-refractivity contribution in [2.24, 2.45) is 0 Å². The number of hydrogen-bond acceptors (Lipinski definition) is 2. The molecule has 0 saturated heterocycles. The SMILES string of the molecule is C=CCN(CCO)Cc1c(C)cccc1C. The van der Waals surface area contributed by atoms with E-state index in [2.05, 4.69) is 43.5 Å². The van der Waals surface area contributed by atoms with Crippen LogP contribution in [0, 0.1) is 13.8 Å². The Balaban J connectivity index is 2.79. The molecule has 0 bridgehead atoms. The Hall–Kier alpha value is -1.12. The van der Waals surface area contributed by atoms with Crippen LogP contribution in [0.1, 0.15) is 16.7 Å². The fourth-order valence-electron chi connectivity index (χ4n) is 1.88. The average molecular weight is 219 g/mol. The molecule has 0 aliphatic carbocycles. The van der Waals surface area contributed by atoms with Gasteiger partial charge in [0.25, 0.3) is 0 Å². The van der Waals surface area contributed by atoms with Gasteiger partial charge >= 0.3 is 0 Å². The quantitative estimate of drug-likeness (QED) is 0.742. The van der Waals surface area contributed by atoms with E-state index in [-0.39, 0.29) is 6.61 Å². The molecule has 0 spiro atoms. The standard InChI is InChI=1S/C14H21NO/c1-4-8-15(9-10-16)11-14-12(2)6-5-7-13(14)3/h4-7,16H,1,8-11H2,2-3H3. The predicted octanol–water partition coefficient (Wildman–Crippen LogP) is 2.28. The third kappa shape index (κ3) is 3.47. The van der Waals surface area contributed by atoms with Gasteiger partial charge in [-0.05, 0) is 30.5 Å². The fourth-order valence-corrected chi connectivity index (χ4v) is 1.88. The zero-order valence-electron chi connectivity index (χ0n) is 10.2. The van der Waals surface area contributed by atoms with Crippen LogP contribution in [-0.2, 0) is 6.54 Å². The number of nitrogens with zero attached hydrogens (tertiary/aromatic N) is 1. The first-order chi connectivity index (χ1) is 7.69. The highest BCUT2D eigenvalue weighted by molar-refractivity contribution is 5.33. The molecule has 1 aromatic rings. The van der Waals surface area contributed by atoms with Gasteiger partial charge in [-0.25, -0.2) is 0 Å². The van der Waals surface area contributed by atoms with E-state index in [0.29, 0.717) is 6.54 Å². The van der Waals surface area contributed by atoms with Crippen LogP contribution in [0.25, 0.3) is 0 Å². The number of rotatable bonds is 6. The molecule has 0 saturated carbocycles. The Kier molecular flexibility index (Phi) is 5.23. The van der Waals surface area contributed by atoms with Crippen LogP contribution in [0.5, 0.6) is 0 Å². The Morgan fingerprint density at radius 2 is 1.94 bits per heavy atom. The van der Waals surface area contributed by atoms with Crippen LogP contribution < -0.4 is 0 Å². The second-order valence-corrected chi connectivity index (χ2v) is 4.12. The summed E-state index contributed by atoms with van der Waals surface area (Å²) in [6.07, 6.45) is 1.88. The Labute approximate surface area is 98.2 Å². The highest BCUT2D eigenvalue weighted by Gasteiger charge is 2.07. The molecule has 0 aliphatic heterocycles. The first-order valence-electron chi connectivity index (χ1n) is 5.68. The molecule has 88 valence electrons. The number of hydrogen-bond donors (Lipinski definition) is 1. The van der Waals surface area contributed by atoms with E-state index in [1.54, 1.807) is 0 Å². The summed E-state index contributed by atoms with van der Waals surface area (Å²) in [4.78, 5) is 2.20. The number of aliphatic hydroxyl groups is 1. The highest BCUT2D eigenvalue weighted by atomic mass is 16.3. The average Bonchev–Trinajstić information content (AvgIpc) is 2.24. The summed E-state index contributed by atoms with van der Waals surface area (Å²) in [5.74, 6) is 0. The molecule has 2 nitrogen and oxygen atoms in total. The molecule has 0 aromatic heterocycles. The third-order valence-electron chi connectivity index (χ3n) is 2.83. The molecule has 0 atom stereocenters. The first-order valence-corrected chi connectivity index (χ1v) is 5.68. The molecule has 0 radical (unpaired) electrons. The summed E-state index contributed by atoms with van der Waals surface area (Å²) >= 11 is 0. The highest BCUT2D eigenvalue weighted by Crippen LogP contribution is 2.15. The van der Waals surface area contributed by atoms with Crippen molar-refractivity contribution in [1.82, 2.24) is 4.90 Å². The summed E-state index contributed by atoms with van der Waals surface area (Å²) in [5, 5.41) is 9.00. The molecule has 2 heteroatoms. The molecule has 0 fully saturated rings. The smallest absolute Gasteiger partial charge is 0.0558 e. The van der Waals surface area contributed by atoms with Gasteiger partial charge in [0.05, 0.1) is 6.61 Å². The van der Waals surface area contributed by atoms with Crippen molar-refractivity contribution in [3.63, 3.8) is 0 Å². The fraction of sp³-hybridized carbons (Fsp3) is 0.429. The van der Waals surface area contributed by atoms with Gasteiger partial charge in [-0.1, -0.05) is 24.3 Å². The maximum Gasteiger partial charge on any atom is 0.0558 e. The van der Waals surface area contributed by atoms with E-state index in [1.165, 1.54) is 16.7 Å². The molecule has 1 aromatic carbocycles. The van der Waals surface area contributed by atoms with E-state index in [0.717, 1.165) is 13.1 Å². The third-order valence-corrected chi connectivity index (χ3v) is 2.83. The zero-order valence-corrected chi connectivity index (χ0v) is 10.2. The number of aryl methyl sites for hydroxylation is 2. The van der Waals surface area contributed by atoms with E-state index in [1.807, 2.05) is 6.08 Å². The van der Waals surface area contributed by atoms with Gasteiger partial charge in [0, 0.05) is 19.6 Å². The molecule has 1 rings (SSSR count). The molecule has 0 unspecified atom stereocenters. The Morgan fingerprint density at radius 1 is 1.31 bits per heavy atom. The topological polar surface area (TPSA) is 23.5 Å². The van der Waals surface area contributed by atoms with Crippen molar-refractivity contribution >= 4 is 0 Å².